The van der Waals surface area contributed by atoms with Crippen molar-refractivity contribution in [1.29, 1.82) is 0 Å². The molecule has 1 fully saturated rings. The maximum Gasteiger partial charge on any atom is 0.230 e. The molecule has 0 radical (unpaired) electrons. The lowest BCUT2D eigenvalue weighted by Gasteiger charge is -2.29. The summed E-state index contributed by atoms with van der Waals surface area (Å²) in [5.41, 5.74) is 3.10. The molecule has 1 amide bonds. The smallest absolute Gasteiger partial charge is 0.230 e. The van der Waals surface area contributed by atoms with E-state index < -0.39 is 0 Å². The molecule has 1 N–H and O–H groups in total. The monoisotopic (exact) mass is 351 g/mol. The van der Waals surface area contributed by atoms with Gasteiger partial charge in [0.2, 0.25) is 5.91 Å². The fourth-order valence-electron chi connectivity index (χ4n) is 3.64. The predicted octanol–water partition coefficient (Wildman–Crippen LogP) is 5.61. The van der Waals surface area contributed by atoms with E-state index in [0.717, 1.165) is 40.5 Å². The van der Waals surface area contributed by atoms with Crippen LogP contribution in [0.15, 0.2) is 16.6 Å². The predicted molar refractivity (Wildman–Crippen MR) is 92.6 cm³/mol. The summed E-state index contributed by atoms with van der Waals surface area (Å²) in [4.78, 5) is 12.9. The minimum Gasteiger partial charge on any atom is -0.326 e. The summed E-state index contributed by atoms with van der Waals surface area (Å²) in [6.07, 6.45) is 5.42. The van der Waals surface area contributed by atoms with Crippen molar-refractivity contribution in [3.8, 4) is 0 Å². The number of aryl methyl sites for hydroxylation is 2. The Kier molecular flexibility index (Phi) is 5.13. The highest BCUT2D eigenvalue weighted by atomic mass is 79.9. The highest BCUT2D eigenvalue weighted by molar-refractivity contribution is 9.10. The van der Waals surface area contributed by atoms with Gasteiger partial charge in [-0.25, -0.2) is 0 Å². The summed E-state index contributed by atoms with van der Waals surface area (Å²) in [5.74, 6) is 0.775. The summed E-state index contributed by atoms with van der Waals surface area (Å²) < 4.78 is 1.12. The Bertz CT molecular complexity index is 507. The topological polar surface area (TPSA) is 29.1 Å². The van der Waals surface area contributed by atoms with Gasteiger partial charge in [-0.1, -0.05) is 42.6 Å². The first-order valence-corrected chi connectivity index (χ1v) is 8.71. The molecule has 1 aliphatic carbocycles. The lowest BCUT2D eigenvalue weighted by molar-refractivity contribution is -0.126. The van der Waals surface area contributed by atoms with Gasteiger partial charge in [0.05, 0.1) is 0 Å². The fraction of sp³-hybridized carbons (Fsp3) is 0.611. The molecule has 0 heterocycles. The van der Waals surface area contributed by atoms with Crippen LogP contribution in [0.1, 0.15) is 57.1 Å². The summed E-state index contributed by atoms with van der Waals surface area (Å²) >= 11 is 3.58. The van der Waals surface area contributed by atoms with E-state index >= 15 is 0 Å². The minimum atomic E-state index is -0.150. The Morgan fingerprint density at radius 3 is 2.24 bits per heavy atom. The molecule has 0 spiro atoms. The van der Waals surface area contributed by atoms with Crippen LogP contribution in [0.2, 0.25) is 0 Å². The van der Waals surface area contributed by atoms with Crippen LogP contribution in [0, 0.1) is 25.2 Å². The van der Waals surface area contributed by atoms with Crippen LogP contribution in [-0.2, 0) is 4.79 Å². The zero-order valence-electron chi connectivity index (χ0n) is 13.6. The summed E-state index contributed by atoms with van der Waals surface area (Å²) in [7, 11) is 0. The van der Waals surface area contributed by atoms with E-state index in [-0.39, 0.29) is 11.3 Å². The van der Waals surface area contributed by atoms with Gasteiger partial charge in [0.15, 0.2) is 0 Å². The zero-order chi connectivity index (χ0) is 15.6. The molecule has 1 aromatic rings. The molecule has 0 unspecified atom stereocenters. The van der Waals surface area contributed by atoms with Crippen molar-refractivity contribution in [2.24, 2.45) is 11.3 Å². The lowest BCUT2D eigenvalue weighted by atomic mass is 9.77. The molecule has 1 saturated carbocycles. The standard InChI is InChI=1S/C18H26BrNO/c1-12(2)11-18(7-5-6-8-18)17(21)20-15-9-13(3)16(19)14(4)10-15/h9-10,12H,5-8,11H2,1-4H3,(H,20,21). The second-order valence-electron chi connectivity index (χ2n) is 6.96. The van der Waals surface area contributed by atoms with Gasteiger partial charge in [0.25, 0.3) is 0 Å². The van der Waals surface area contributed by atoms with Gasteiger partial charge in [-0.3, -0.25) is 4.79 Å². The van der Waals surface area contributed by atoms with Gasteiger partial charge in [-0.05, 0) is 62.3 Å². The number of rotatable bonds is 4. The first-order valence-electron chi connectivity index (χ1n) is 7.92. The average Bonchev–Trinajstić information content (AvgIpc) is 2.84. The maximum absolute atomic E-state index is 12.9. The van der Waals surface area contributed by atoms with Gasteiger partial charge in [0, 0.05) is 15.6 Å². The molecule has 0 aliphatic heterocycles. The lowest BCUT2D eigenvalue weighted by Crippen LogP contribution is -2.35. The Hall–Kier alpha value is -0.830. The van der Waals surface area contributed by atoms with Gasteiger partial charge in [-0.2, -0.15) is 0 Å². The minimum absolute atomic E-state index is 0.150. The van der Waals surface area contributed by atoms with Crippen LogP contribution in [-0.4, -0.2) is 5.91 Å². The highest BCUT2D eigenvalue weighted by Gasteiger charge is 2.41. The molecule has 1 aromatic carbocycles. The van der Waals surface area contributed by atoms with E-state index in [1.165, 1.54) is 12.8 Å². The van der Waals surface area contributed by atoms with Crippen molar-refractivity contribution in [3.05, 3.63) is 27.7 Å². The van der Waals surface area contributed by atoms with Crippen LogP contribution < -0.4 is 5.32 Å². The van der Waals surface area contributed by atoms with Crippen molar-refractivity contribution in [3.63, 3.8) is 0 Å². The number of nitrogens with one attached hydrogen (secondary N) is 1. The van der Waals surface area contributed by atoms with Crippen molar-refractivity contribution < 1.29 is 4.79 Å². The third-order valence-electron chi connectivity index (χ3n) is 4.54. The van der Waals surface area contributed by atoms with Gasteiger partial charge in [-0.15, -0.1) is 0 Å². The molecule has 2 nitrogen and oxygen atoms in total. The third-order valence-corrected chi connectivity index (χ3v) is 5.79. The zero-order valence-corrected chi connectivity index (χ0v) is 15.1. The van der Waals surface area contributed by atoms with Gasteiger partial charge < -0.3 is 5.32 Å². The number of hydrogen-bond donors (Lipinski definition) is 1. The summed E-state index contributed by atoms with van der Waals surface area (Å²) in [6, 6.07) is 4.10. The summed E-state index contributed by atoms with van der Waals surface area (Å²) in [6.45, 7) is 8.54. The number of carbonyl (C=O) groups excluding carboxylic acids is 1. The van der Waals surface area contributed by atoms with E-state index in [4.69, 9.17) is 0 Å². The number of benzene rings is 1. The van der Waals surface area contributed by atoms with Crippen LogP contribution >= 0.6 is 15.9 Å². The van der Waals surface area contributed by atoms with E-state index in [9.17, 15) is 4.79 Å². The SMILES string of the molecule is Cc1cc(NC(=O)C2(CC(C)C)CCCC2)cc(C)c1Br. The molecule has 2 rings (SSSR count). The normalized spacial score (nSPS) is 17.2. The van der Waals surface area contributed by atoms with Gasteiger partial charge in [0.1, 0.15) is 0 Å². The highest BCUT2D eigenvalue weighted by Crippen LogP contribution is 2.44. The molecular weight excluding hydrogens is 326 g/mol. The Morgan fingerprint density at radius 1 is 1.24 bits per heavy atom. The molecule has 116 valence electrons. The van der Waals surface area contributed by atoms with Crippen molar-refractivity contribution in [1.82, 2.24) is 0 Å². The van der Waals surface area contributed by atoms with Gasteiger partial charge >= 0.3 is 0 Å². The average molecular weight is 352 g/mol. The molecular formula is C18H26BrNO. The Labute approximate surface area is 136 Å². The molecule has 1 aliphatic rings. The Balaban J connectivity index is 2.19. The first kappa shape index (κ1) is 16.5. The van der Waals surface area contributed by atoms with E-state index in [1.807, 2.05) is 12.1 Å². The maximum atomic E-state index is 12.9. The first-order chi connectivity index (χ1) is 9.84. The molecule has 0 bridgehead atoms. The van der Waals surface area contributed by atoms with Crippen molar-refractivity contribution >= 4 is 27.5 Å². The van der Waals surface area contributed by atoms with Crippen LogP contribution in [0.3, 0.4) is 0 Å². The van der Waals surface area contributed by atoms with Crippen LogP contribution in [0.4, 0.5) is 5.69 Å². The number of amides is 1. The Morgan fingerprint density at radius 2 is 1.76 bits per heavy atom. The molecule has 0 atom stereocenters. The number of carbonyl (C=O) groups is 1. The number of anilines is 1. The second-order valence-corrected chi connectivity index (χ2v) is 7.76. The molecule has 0 aromatic heterocycles. The van der Waals surface area contributed by atoms with Crippen LogP contribution in [0.25, 0.3) is 0 Å². The fourth-order valence-corrected chi connectivity index (χ4v) is 3.87. The van der Waals surface area contributed by atoms with E-state index in [0.29, 0.717) is 5.92 Å². The van der Waals surface area contributed by atoms with Crippen molar-refractivity contribution in [2.75, 3.05) is 5.32 Å². The molecule has 21 heavy (non-hydrogen) atoms. The second kappa shape index (κ2) is 6.51. The number of hydrogen-bond acceptors (Lipinski definition) is 1. The van der Waals surface area contributed by atoms with E-state index in [2.05, 4.69) is 48.9 Å². The third kappa shape index (κ3) is 3.68. The van der Waals surface area contributed by atoms with Crippen molar-refractivity contribution in [2.45, 2.75) is 59.8 Å². The van der Waals surface area contributed by atoms with E-state index in [1.54, 1.807) is 0 Å². The quantitative estimate of drug-likeness (QED) is 0.750. The van der Waals surface area contributed by atoms with Crippen LogP contribution in [0.5, 0.6) is 0 Å². The largest absolute Gasteiger partial charge is 0.326 e. The molecule has 3 heteroatoms. The molecule has 0 saturated heterocycles. The summed E-state index contributed by atoms with van der Waals surface area (Å²) in [5, 5.41) is 3.18. The number of halogens is 1.